The van der Waals surface area contributed by atoms with Gasteiger partial charge in [0.15, 0.2) is 6.61 Å². The van der Waals surface area contributed by atoms with Gasteiger partial charge in [-0.3, -0.25) is 14.4 Å². The lowest BCUT2D eigenvalue weighted by atomic mass is 10.1. The number of hydrogen-bond donors (Lipinski definition) is 2. The molecule has 1 aliphatic rings. The van der Waals surface area contributed by atoms with Crippen LogP contribution in [0.25, 0.3) is 0 Å². The number of nitrogens with one attached hydrogen (secondary N) is 2. The molecule has 174 valence electrons. The molecule has 0 radical (unpaired) electrons. The van der Waals surface area contributed by atoms with Crippen LogP contribution in [0.1, 0.15) is 12.0 Å². The number of carbonyl (C=O) groups is 3. The smallest absolute Gasteiger partial charge is 0.418 e. The minimum Gasteiger partial charge on any atom is -0.484 e. The minimum absolute atomic E-state index is 0.0980. The SMILES string of the molecule is C=CCNC(=O)[C@@H]1CC(=O)N(c2ccc(OCC(=O)Nc3ccccc3C(F)(F)F)cc2)C1. The molecule has 0 unspecified atom stereocenters. The van der Waals surface area contributed by atoms with Crippen molar-refractivity contribution in [2.75, 3.05) is 29.9 Å². The van der Waals surface area contributed by atoms with Crippen molar-refractivity contribution in [2.24, 2.45) is 5.92 Å². The Kier molecular flexibility index (Phi) is 7.37. The average Bonchev–Trinajstić information content (AvgIpc) is 3.17. The molecule has 33 heavy (non-hydrogen) atoms. The molecule has 3 amide bonds. The lowest BCUT2D eigenvalue weighted by Gasteiger charge is -2.17. The molecule has 1 aliphatic heterocycles. The third-order valence-electron chi connectivity index (χ3n) is 4.94. The summed E-state index contributed by atoms with van der Waals surface area (Å²) in [5.74, 6) is -1.32. The van der Waals surface area contributed by atoms with Crippen LogP contribution < -0.4 is 20.3 Å². The zero-order valence-corrected chi connectivity index (χ0v) is 17.5. The molecule has 1 atom stereocenters. The number of halogens is 3. The van der Waals surface area contributed by atoms with E-state index >= 15 is 0 Å². The van der Waals surface area contributed by atoms with E-state index in [2.05, 4.69) is 17.2 Å². The Bertz CT molecular complexity index is 1040. The van der Waals surface area contributed by atoms with Crippen LogP contribution in [0.3, 0.4) is 0 Å². The number of ether oxygens (including phenoxy) is 1. The molecular formula is C23H22F3N3O4. The van der Waals surface area contributed by atoms with Crippen LogP contribution in [-0.4, -0.2) is 37.4 Å². The first-order valence-corrected chi connectivity index (χ1v) is 10.1. The average molecular weight is 461 g/mol. The summed E-state index contributed by atoms with van der Waals surface area (Å²) in [6.45, 7) is 3.59. The van der Waals surface area contributed by atoms with Crippen molar-refractivity contribution in [1.29, 1.82) is 0 Å². The Morgan fingerprint density at radius 3 is 2.52 bits per heavy atom. The van der Waals surface area contributed by atoms with Crippen LogP contribution in [0.15, 0.2) is 61.2 Å². The highest BCUT2D eigenvalue weighted by Gasteiger charge is 2.35. The number of alkyl halides is 3. The molecule has 1 heterocycles. The van der Waals surface area contributed by atoms with E-state index in [1.807, 2.05) is 0 Å². The Hall–Kier alpha value is -3.82. The number of nitrogens with zero attached hydrogens (tertiary/aromatic N) is 1. The van der Waals surface area contributed by atoms with Gasteiger partial charge in [0.25, 0.3) is 5.91 Å². The molecule has 7 nitrogen and oxygen atoms in total. The van der Waals surface area contributed by atoms with Crippen LogP contribution in [-0.2, 0) is 20.6 Å². The number of para-hydroxylation sites is 1. The maximum absolute atomic E-state index is 13.0. The molecule has 3 rings (SSSR count). The molecule has 0 spiro atoms. The number of rotatable bonds is 8. The standard InChI is InChI=1S/C23H22F3N3O4/c1-2-11-27-22(32)15-12-21(31)29(13-15)16-7-9-17(10-8-16)33-14-20(30)28-19-6-4-3-5-18(19)23(24,25)26/h2-10,15H,1,11-14H2,(H,27,32)(H,28,30)/t15-/m1/s1. The topological polar surface area (TPSA) is 87.7 Å². The second kappa shape index (κ2) is 10.2. The molecule has 0 aromatic heterocycles. The van der Waals surface area contributed by atoms with Gasteiger partial charge < -0.3 is 20.3 Å². The maximum atomic E-state index is 13.0. The van der Waals surface area contributed by atoms with Crippen molar-refractivity contribution >= 4 is 29.1 Å². The van der Waals surface area contributed by atoms with Crippen LogP contribution in [0, 0.1) is 5.92 Å². The van der Waals surface area contributed by atoms with Crippen LogP contribution >= 0.6 is 0 Å². The fourth-order valence-corrected chi connectivity index (χ4v) is 3.35. The largest absolute Gasteiger partial charge is 0.484 e. The molecule has 10 heteroatoms. The van der Waals surface area contributed by atoms with E-state index in [-0.39, 0.29) is 30.5 Å². The van der Waals surface area contributed by atoms with Crippen molar-refractivity contribution in [1.82, 2.24) is 5.32 Å². The van der Waals surface area contributed by atoms with E-state index in [1.54, 1.807) is 18.2 Å². The summed E-state index contributed by atoms with van der Waals surface area (Å²) in [5.41, 5.74) is -0.738. The van der Waals surface area contributed by atoms with Gasteiger partial charge in [0, 0.05) is 25.2 Å². The third kappa shape index (κ3) is 6.12. The lowest BCUT2D eigenvalue weighted by molar-refractivity contribution is -0.137. The van der Waals surface area contributed by atoms with Crippen LogP contribution in [0.2, 0.25) is 0 Å². The van der Waals surface area contributed by atoms with Crippen molar-refractivity contribution in [2.45, 2.75) is 12.6 Å². The maximum Gasteiger partial charge on any atom is 0.418 e. The van der Waals surface area contributed by atoms with Crippen molar-refractivity contribution in [3.63, 3.8) is 0 Å². The Balaban J connectivity index is 1.55. The second-order valence-corrected chi connectivity index (χ2v) is 7.31. The normalized spacial score (nSPS) is 15.8. The fourth-order valence-electron chi connectivity index (χ4n) is 3.35. The zero-order chi connectivity index (χ0) is 24.0. The van der Waals surface area contributed by atoms with E-state index in [4.69, 9.17) is 4.74 Å². The van der Waals surface area contributed by atoms with Crippen molar-refractivity contribution in [3.8, 4) is 5.75 Å². The summed E-state index contributed by atoms with van der Waals surface area (Å²) in [4.78, 5) is 37.9. The molecule has 0 aliphatic carbocycles. The Morgan fingerprint density at radius 1 is 1.15 bits per heavy atom. The van der Waals surface area contributed by atoms with Gasteiger partial charge in [0.2, 0.25) is 11.8 Å². The van der Waals surface area contributed by atoms with E-state index < -0.39 is 30.2 Å². The van der Waals surface area contributed by atoms with E-state index in [0.29, 0.717) is 18.0 Å². The van der Waals surface area contributed by atoms with Crippen molar-refractivity contribution < 1.29 is 32.3 Å². The Morgan fingerprint density at radius 2 is 1.85 bits per heavy atom. The molecule has 0 bridgehead atoms. The minimum atomic E-state index is -4.60. The summed E-state index contributed by atoms with van der Waals surface area (Å²) in [5, 5.41) is 4.87. The number of carbonyl (C=O) groups excluding carboxylic acids is 3. The zero-order valence-electron chi connectivity index (χ0n) is 17.5. The van der Waals surface area contributed by atoms with Gasteiger partial charge >= 0.3 is 6.18 Å². The first-order chi connectivity index (χ1) is 15.7. The highest BCUT2D eigenvalue weighted by atomic mass is 19.4. The summed E-state index contributed by atoms with van der Waals surface area (Å²) in [7, 11) is 0. The van der Waals surface area contributed by atoms with Gasteiger partial charge in [-0.25, -0.2) is 0 Å². The monoisotopic (exact) mass is 461 g/mol. The van der Waals surface area contributed by atoms with Gasteiger partial charge in [0.1, 0.15) is 5.75 Å². The summed E-state index contributed by atoms with van der Waals surface area (Å²) in [6, 6.07) is 10.9. The number of benzene rings is 2. The summed E-state index contributed by atoms with van der Waals surface area (Å²) in [6.07, 6.45) is -2.94. The molecule has 0 saturated carbocycles. The fraction of sp³-hybridized carbons (Fsp3) is 0.261. The number of anilines is 2. The highest BCUT2D eigenvalue weighted by molar-refractivity contribution is 6.00. The molecule has 1 saturated heterocycles. The quantitative estimate of drug-likeness (QED) is 0.590. The van der Waals surface area contributed by atoms with Crippen LogP contribution in [0.4, 0.5) is 24.5 Å². The third-order valence-corrected chi connectivity index (χ3v) is 4.94. The summed E-state index contributed by atoms with van der Waals surface area (Å²) >= 11 is 0. The molecule has 2 aromatic carbocycles. The molecule has 2 N–H and O–H groups in total. The predicted octanol–water partition coefficient (Wildman–Crippen LogP) is 3.38. The van der Waals surface area contributed by atoms with Gasteiger partial charge in [-0.05, 0) is 36.4 Å². The van der Waals surface area contributed by atoms with E-state index in [1.165, 1.54) is 29.2 Å². The predicted molar refractivity (Wildman–Crippen MR) is 116 cm³/mol. The van der Waals surface area contributed by atoms with Crippen LogP contribution in [0.5, 0.6) is 5.75 Å². The molecule has 1 fully saturated rings. The van der Waals surface area contributed by atoms with Gasteiger partial charge in [-0.2, -0.15) is 13.2 Å². The van der Waals surface area contributed by atoms with Gasteiger partial charge in [-0.15, -0.1) is 6.58 Å². The first kappa shape index (κ1) is 23.8. The highest BCUT2D eigenvalue weighted by Crippen LogP contribution is 2.34. The molecule has 2 aromatic rings. The van der Waals surface area contributed by atoms with E-state index in [9.17, 15) is 27.6 Å². The number of hydrogen-bond acceptors (Lipinski definition) is 4. The Labute approximate surface area is 188 Å². The number of amides is 3. The second-order valence-electron chi connectivity index (χ2n) is 7.31. The van der Waals surface area contributed by atoms with E-state index in [0.717, 1.165) is 12.1 Å². The first-order valence-electron chi connectivity index (χ1n) is 10.1. The lowest BCUT2D eigenvalue weighted by Crippen LogP contribution is -2.32. The van der Waals surface area contributed by atoms with Gasteiger partial charge in [-0.1, -0.05) is 18.2 Å². The van der Waals surface area contributed by atoms with Gasteiger partial charge in [0.05, 0.1) is 17.2 Å². The molecular weight excluding hydrogens is 439 g/mol. The van der Waals surface area contributed by atoms with Crippen molar-refractivity contribution in [3.05, 3.63) is 66.7 Å². The summed E-state index contributed by atoms with van der Waals surface area (Å²) < 4.78 is 44.4.